The summed E-state index contributed by atoms with van der Waals surface area (Å²) in [6.45, 7) is 7.26. The first-order valence-corrected chi connectivity index (χ1v) is 11.4. The summed E-state index contributed by atoms with van der Waals surface area (Å²) >= 11 is 0. The fraction of sp³-hybridized carbons (Fsp3) is 0.200. The van der Waals surface area contributed by atoms with Crippen LogP contribution in [0.1, 0.15) is 11.1 Å². The van der Waals surface area contributed by atoms with Gasteiger partial charge in [-0.15, -0.1) is 0 Å². The van der Waals surface area contributed by atoms with Crippen LogP contribution in [0, 0.1) is 25.7 Å². The summed E-state index contributed by atoms with van der Waals surface area (Å²) in [7, 11) is -7.30. The van der Waals surface area contributed by atoms with Gasteiger partial charge in [0.25, 0.3) is 0 Å². The normalized spacial score (nSPS) is 11.5. The quantitative estimate of drug-likeness (QED) is 0.674. The standard InChI is InChI=1S/C20H22N2O4S2/c1-16-6-10-19(11-7-16)27(23,24)21-14-4-5-18(3)15-22-28(25,26)20-12-8-17(2)9-13-20/h6-13,21-22H,3,14-15H2,1-2H3. The molecule has 0 aliphatic heterocycles. The summed E-state index contributed by atoms with van der Waals surface area (Å²) in [6, 6.07) is 12.9. The summed E-state index contributed by atoms with van der Waals surface area (Å²) in [5.41, 5.74) is 2.25. The molecule has 6 nitrogen and oxygen atoms in total. The second-order valence-electron chi connectivity index (χ2n) is 6.18. The van der Waals surface area contributed by atoms with Crippen molar-refractivity contribution in [3.05, 3.63) is 71.8 Å². The zero-order chi connectivity index (χ0) is 20.8. The lowest BCUT2D eigenvalue weighted by Crippen LogP contribution is -2.26. The minimum absolute atomic E-state index is 0.0616. The van der Waals surface area contributed by atoms with E-state index in [0.29, 0.717) is 5.57 Å². The fourth-order valence-electron chi connectivity index (χ4n) is 2.13. The molecule has 0 amide bonds. The summed E-state index contributed by atoms with van der Waals surface area (Å²) < 4.78 is 53.4. The van der Waals surface area contributed by atoms with Crippen LogP contribution in [0.5, 0.6) is 0 Å². The zero-order valence-electron chi connectivity index (χ0n) is 15.7. The van der Waals surface area contributed by atoms with Crippen LogP contribution in [0.4, 0.5) is 0 Å². The van der Waals surface area contributed by atoms with E-state index in [-0.39, 0.29) is 22.9 Å². The van der Waals surface area contributed by atoms with Gasteiger partial charge in [-0.05, 0) is 38.1 Å². The van der Waals surface area contributed by atoms with Crippen molar-refractivity contribution in [1.82, 2.24) is 9.44 Å². The molecule has 2 aromatic rings. The predicted octanol–water partition coefficient (Wildman–Crippen LogP) is 2.12. The van der Waals surface area contributed by atoms with Gasteiger partial charge in [0.15, 0.2) is 0 Å². The van der Waals surface area contributed by atoms with Gasteiger partial charge < -0.3 is 0 Å². The smallest absolute Gasteiger partial charge is 0.207 e. The second kappa shape index (κ2) is 9.17. The largest absolute Gasteiger partial charge is 0.241 e. The van der Waals surface area contributed by atoms with Gasteiger partial charge in [0.05, 0.1) is 16.3 Å². The molecule has 8 heteroatoms. The Balaban J connectivity index is 1.88. The molecule has 0 unspecified atom stereocenters. The third kappa shape index (κ3) is 6.32. The van der Waals surface area contributed by atoms with E-state index in [4.69, 9.17) is 0 Å². The Hall–Kier alpha value is -2.44. The topological polar surface area (TPSA) is 92.3 Å². The summed E-state index contributed by atoms with van der Waals surface area (Å²) in [5, 5.41) is 0. The molecule has 2 N–H and O–H groups in total. The highest BCUT2D eigenvalue weighted by molar-refractivity contribution is 7.89. The predicted molar refractivity (Wildman–Crippen MR) is 110 cm³/mol. The molecule has 28 heavy (non-hydrogen) atoms. The Labute approximate surface area is 166 Å². The van der Waals surface area contributed by atoms with Crippen LogP contribution < -0.4 is 9.44 Å². The Kier molecular flexibility index (Phi) is 7.16. The maximum atomic E-state index is 12.2. The molecule has 2 aromatic carbocycles. The van der Waals surface area contributed by atoms with Crippen molar-refractivity contribution in [1.29, 1.82) is 0 Å². The number of rotatable bonds is 7. The van der Waals surface area contributed by atoms with E-state index in [1.165, 1.54) is 24.3 Å². The summed E-state index contributed by atoms with van der Waals surface area (Å²) in [6.07, 6.45) is 0. The van der Waals surface area contributed by atoms with E-state index in [0.717, 1.165) is 11.1 Å². The Morgan fingerprint density at radius 2 is 1.25 bits per heavy atom. The monoisotopic (exact) mass is 418 g/mol. The van der Waals surface area contributed by atoms with Crippen molar-refractivity contribution in [2.24, 2.45) is 0 Å². The number of hydrogen-bond acceptors (Lipinski definition) is 4. The molecule has 0 aliphatic carbocycles. The molecular formula is C20H22N2O4S2. The average molecular weight is 419 g/mol. The van der Waals surface area contributed by atoms with E-state index < -0.39 is 20.0 Å². The molecule has 0 bridgehead atoms. The maximum Gasteiger partial charge on any atom is 0.241 e. The molecule has 0 fully saturated rings. The van der Waals surface area contributed by atoms with Crippen LogP contribution in [-0.2, 0) is 20.0 Å². The molecule has 0 radical (unpaired) electrons. The highest BCUT2D eigenvalue weighted by Gasteiger charge is 2.13. The van der Waals surface area contributed by atoms with Gasteiger partial charge in [0.1, 0.15) is 0 Å². The maximum absolute atomic E-state index is 12.2. The molecule has 0 saturated carbocycles. The molecular weight excluding hydrogens is 396 g/mol. The second-order valence-corrected chi connectivity index (χ2v) is 9.71. The van der Waals surface area contributed by atoms with Crippen molar-refractivity contribution < 1.29 is 16.8 Å². The molecule has 0 saturated heterocycles. The first kappa shape index (κ1) is 21.9. The van der Waals surface area contributed by atoms with Crippen LogP contribution in [0.2, 0.25) is 0 Å². The van der Waals surface area contributed by atoms with Crippen molar-refractivity contribution in [3.8, 4) is 11.8 Å². The van der Waals surface area contributed by atoms with Crippen molar-refractivity contribution in [2.75, 3.05) is 13.1 Å². The lowest BCUT2D eigenvalue weighted by Gasteiger charge is -2.06. The van der Waals surface area contributed by atoms with Gasteiger partial charge in [-0.2, -0.15) is 4.72 Å². The summed E-state index contributed by atoms with van der Waals surface area (Å²) in [4.78, 5) is 0.314. The number of hydrogen-bond donors (Lipinski definition) is 2. The first-order valence-electron chi connectivity index (χ1n) is 8.39. The lowest BCUT2D eigenvalue weighted by molar-refractivity contribution is 0.584. The summed E-state index contributed by atoms with van der Waals surface area (Å²) in [5.74, 6) is 5.28. The van der Waals surface area contributed by atoms with Gasteiger partial charge in [-0.3, -0.25) is 0 Å². The average Bonchev–Trinajstić information content (AvgIpc) is 2.64. The third-order valence-electron chi connectivity index (χ3n) is 3.75. The Bertz CT molecular complexity index is 1110. The van der Waals surface area contributed by atoms with Crippen molar-refractivity contribution >= 4 is 20.0 Å². The number of aryl methyl sites for hydroxylation is 2. The fourth-order valence-corrected chi connectivity index (χ4v) is 4.08. The van der Waals surface area contributed by atoms with Crippen molar-refractivity contribution in [3.63, 3.8) is 0 Å². The van der Waals surface area contributed by atoms with E-state index in [1.54, 1.807) is 24.3 Å². The minimum Gasteiger partial charge on any atom is -0.207 e. The number of nitrogens with one attached hydrogen (secondary N) is 2. The van der Waals surface area contributed by atoms with Gasteiger partial charge >= 0.3 is 0 Å². The molecule has 0 aliphatic rings. The SMILES string of the molecule is C=C(C#CCNS(=O)(=O)c1ccc(C)cc1)CNS(=O)(=O)c1ccc(C)cc1. The van der Waals surface area contributed by atoms with Gasteiger partial charge in [-0.1, -0.05) is 53.8 Å². The van der Waals surface area contributed by atoms with Gasteiger partial charge in [0.2, 0.25) is 20.0 Å². The molecule has 0 heterocycles. The first-order chi connectivity index (χ1) is 13.1. The van der Waals surface area contributed by atoms with Gasteiger partial charge in [0, 0.05) is 12.1 Å². The molecule has 148 valence electrons. The van der Waals surface area contributed by atoms with Crippen LogP contribution in [0.15, 0.2) is 70.5 Å². The lowest BCUT2D eigenvalue weighted by atomic mass is 10.2. The van der Waals surface area contributed by atoms with Crippen LogP contribution in [-0.4, -0.2) is 29.9 Å². The Morgan fingerprint density at radius 1 is 0.821 bits per heavy atom. The molecule has 0 atom stereocenters. The van der Waals surface area contributed by atoms with Crippen LogP contribution >= 0.6 is 0 Å². The molecule has 0 aromatic heterocycles. The molecule has 0 spiro atoms. The highest BCUT2D eigenvalue weighted by atomic mass is 32.2. The van der Waals surface area contributed by atoms with Gasteiger partial charge in [-0.25, -0.2) is 21.6 Å². The van der Waals surface area contributed by atoms with E-state index in [2.05, 4.69) is 27.9 Å². The van der Waals surface area contributed by atoms with Crippen LogP contribution in [0.3, 0.4) is 0 Å². The van der Waals surface area contributed by atoms with E-state index in [1.807, 2.05) is 13.8 Å². The third-order valence-corrected chi connectivity index (χ3v) is 6.59. The van der Waals surface area contributed by atoms with E-state index in [9.17, 15) is 16.8 Å². The number of sulfonamides is 2. The van der Waals surface area contributed by atoms with Crippen LogP contribution in [0.25, 0.3) is 0 Å². The number of benzene rings is 2. The van der Waals surface area contributed by atoms with Crippen molar-refractivity contribution in [2.45, 2.75) is 23.6 Å². The molecule has 2 rings (SSSR count). The Morgan fingerprint density at radius 3 is 1.71 bits per heavy atom. The highest BCUT2D eigenvalue weighted by Crippen LogP contribution is 2.10. The van der Waals surface area contributed by atoms with E-state index >= 15 is 0 Å². The zero-order valence-corrected chi connectivity index (χ0v) is 17.3. The minimum atomic E-state index is -3.66.